The molecule has 1 heterocycles. The third-order valence-electron chi connectivity index (χ3n) is 3.44. The first-order valence-electron chi connectivity index (χ1n) is 6.54. The Morgan fingerprint density at radius 3 is 2.67 bits per heavy atom. The van der Waals surface area contributed by atoms with Crippen LogP contribution >= 0.6 is 0 Å². The number of hydrogen-bond acceptors (Lipinski definition) is 3. The number of fused-ring (bicyclic) bond motifs is 1. The molecule has 0 spiro atoms. The van der Waals surface area contributed by atoms with Crippen molar-refractivity contribution < 1.29 is 9.47 Å². The molecule has 1 aromatic carbocycles. The third-order valence-corrected chi connectivity index (χ3v) is 3.44. The molecule has 3 heteroatoms. The van der Waals surface area contributed by atoms with E-state index in [1.807, 2.05) is 6.07 Å². The van der Waals surface area contributed by atoms with Gasteiger partial charge in [-0.25, -0.2) is 0 Å². The first-order chi connectivity index (χ1) is 8.43. The highest BCUT2D eigenvalue weighted by Gasteiger charge is 2.26. The van der Waals surface area contributed by atoms with E-state index < -0.39 is 0 Å². The summed E-state index contributed by atoms with van der Waals surface area (Å²) in [5.41, 5.74) is 8.52. The second kappa shape index (κ2) is 4.81. The van der Waals surface area contributed by atoms with Gasteiger partial charge in [-0.2, -0.15) is 0 Å². The quantitative estimate of drug-likeness (QED) is 0.831. The Morgan fingerprint density at radius 1 is 1.33 bits per heavy atom. The van der Waals surface area contributed by atoms with Crippen molar-refractivity contribution in [3.8, 4) is 11.5 Å². The summed E-state index contributed by atoms with van der Waals surface area (Å²) < 4.78 is 11.3. The lowest BCUT2D eigenvalue weighted by Crippen LogP contribution is -2.16. The van der Waals surface area contributed by atoms with Crippen molar-refractivity contribution in [1.29, 1.82) is 0 Å². The second-order valence-electron chi connectivity index (χ2n) is 5.94. The average Bonchev–Trinajstić information content (AvgIpc) is 2.49. The molecule has 0 saturated heterocycles. The summed E-state index contributed by atoms with van der Waals surface area (Å²) in [7, 11) is 1.69. The molecular formula is C15H23NO2. The SMILES string of the molecule is COc1cc2c(c(C(C)(C)C)c1)OCCC[C@H]2N. The molecule has 2 N–H and O–H groups in total. The molecule has 0 fully saturated rings. The number of rotatable bonds is 1. The van der Waals surface area contributed by atoms with Gasteiger partial charge in [-0.15, -0.1) is 0 Å². The van der Waals surface area contributed by atoms with Crippen LogP contribution in [0.15, 0.2) is 12.1 Å². The molecule has 1 aliphatic heterocycles. The average molecular weight is 249 g/mol. The van der Waals surface area contributed by atoms with Crippen molar-refractivity contribution in [1.82, 2.24) is 0 Å². The van der Waals surface area contributed by atoms with Crippen LogP contribution in [0, 0.1) is 0 Å². The lowest BCUT2D eigenvalue weighted by atomic mass is 9.84. The fraction of sp³-hybridized carbons (Fsp3) is 0.600. The van der Waals surface area contributed by atoms with Crippen molar-refractivity contribution in [3.05, 3.63) is 23.3 Å². The van der Waals surface area contributed by atoms with Crippen LogP contribution < -0.4 is 15.2 Å². The molecule has 1 atom stereocenters. The molecule has 2 rings (SSSR count). The van der Waals surface area contributed by atoms with Crippen LogP contribution in [0.5, 0.6) is 11.5 Å². The number of benzene rings is 1. The van der Waals surface area contributed by atoms with Crippen molar-refractivity contribution in [2.45, 2.75) is 45.1 Å². The topological polar surface area (TPSA) is 44.5 Å². The van der Waals surface area contributed by atoms with Crippen LogP contribution in [0.1, 0.15) is 50.8 Å². The molecule has 0 bridgehead atoms. The van der Waals surface area contributed by atoms with Crippen molar-refractivity contribution in [3.63, 3.8) is 0 Å². The summed E-state index contributed by atoms with van der Waals surface area (Å²) in [6, 6.07) is 4.12. The monoisotopic (exact) mass is 249 g/mol. The van der Waals surface area contributed by atoms with E-state index in [2.05, 4.69) is 26.8 Å². The Hall–Kier alpha value is -1.22. The van der Waals surface area contributed by atoms with Crippen LogP contribution in [0.3, 0.4) is 0 Å². The Bertz CT molecular complexity index is 435. The molecule has 0 aliphatic carbocycles. The molecule has 100 valence electrons. The molecule has 18 heavy (non-hydrogen) atoms. The smallest absolute Gasteiger partial charge is 0.128 e. The fourth-order valence-corrected chi connectivity index (χ4v) is 2.37. The molecule has 0 saturated carbocycles. The molecule has 0 aromatic heterocycles. The lowest BCUT2D eigenvalue weighted by Gasteiger charge is -2.25. The Labute approximate surface area is 109 Å². The maximum atomic E-state index is 6.25. The van der Waals surface area contributed by atoms with Gasteiger partial charge in [-0.3, -0.25) is 0 Å². The molecule has 3 nitrogen and oxygen atoms in total. The number of methoxy groups -OCH3 is 1. The normalized spacial score (nSPS) is 19.7. The minimum atomic E-state index is 0.0166. The van der Waals surface area contributed by atoms with Gasteiger partial charge in [0.2, 0.25) is 0 Å². The van der Waals surface area contributed by atoms with Gasteiger partial charge in [0.25, 0.3) is 0 Å². The highest BCUT2D eigenvalue weighted by atomic mass is 16.5. The van der Waals surface area contributed by atoms with Crippen LogP contribution in [0.2, 0.25) is 0 Å². The summed E-state index contributed by atoms with van der Waals surface area (Å²) in [5.74, 6) is 1.83. The van der Waals surface area contributed by atoms with Crippen LogP contribution in [-0.2, 0) is 5.41 Å². The van der Waals surface area contributed by atoms with Gasteiger partial charge in [0, 0.05) is 17.2 Å². The minimum Gasteiger partial charge on any atom is -0.497 e. The van der Waals surface area contributed by atoms with Crippen LogP contribution in [-0.4, -0.2) is 13.7 Å². The highest BCUT2D eigenvalue weighted by Crippen LogP contribution is 2.41. The molecule has 0 amide bonds. The molecular weight excluding hydrogens is 226 g/mol. The highest BCUT2D eigenvalue weighted by molar-refractivity contribution is 5.51. The van der Waals surface area contributed by atoms with Gasteiger partial charge in [0.1, 0.15) is 11.5 Å². The van der Waals surface area contributed by atoms with Crippen molar-refractivity contribution in [2.75, 3.05) is 13.7 Å². The summed E-state index contributed by atoms with van der Waals surface area (Å²) >= 11 is 0. The van der Waals surface area contributed by atoms with E-state index in [0.717, 1.165) is 36.5 Å². The summed E-state index contributed by atoms with van der Waals surface area (Å²) in [6.45, 7) is 7.29. The largest absolute Gasteiger partial charge is 0.497 e. The van der Waals surface area contributed by atoms with Gasteiger partial charge < -0.3 is 15.2 Å². The van der Waals surface area contributed by atoms with E-state index >= 15 is 0 Å². The fourth-order valence-electron chi connectivity index (χ4n) is 2.37. The second-order valence-corrected chi connectivity index (χ2v) is 5.94. The maximum absolute atomic E-state index is 6.25. The van der Waals surface area contributed by atoms with E-state index in [9.17, 15) is 0 Å². The lowest BCUT2D eigenvalue weighted by molar-refractivity contribution is 0.307. The Kier molecular flexibility index (Phi) is 3.53. The molecule has 0 radical (unpaired) electrons. The van der Waals surface area contributed by atoms with Crippen molar-refractivity contribution >= 4 is 0 Å². The third kappa shape index (κ3) is 2.46. The zero-order valence-corrected chi connectivity index (χ0v) is 11.7. The van der Waals surface area contributed by atoms with Crippen LogP contribution in [0.4, 0.5) is 0 Å². The standard InChI is InChI=1S/C15H23NO2/c1-15(2,3)12-9-10(17-4)8-11-13(16)6-5-7-18-14(11)12/h8-9,13H,5-7,16H2,1-4H3/t13-/m1/s1. The zero-order valence-electron chi connectivity index (χ0n) is 11.7. The number of ether oxygens (including phenoxy) is 2. The molecule has 1 aliphatic rings. The van der Waals surface area contributed by atoms with E-state index in [1.165, 1.54) is 5.56 Å². The van der Waals surface area contributed by atoms with Gasteiger partial charge in [-0.1, -0.05) is 20.8 Å². The van der Waals surface area contributed by atoms with Gasteiger partial charge >= 0.3 is 0 Å². The van der Waals surface area contributed by atoms with E-state index in [1.54, 1.807) is 7.11 Å². The summed E-state index contributed by atoms with van der Waals surface area (Å²) in [6.07, 6.45) is 1.96. The minimum absolute atomic E-state index is 0.0166. The predicted octanol–water partition coefficient (Wildman–Crippen LogP) is 3.17. The predicted molar refractivity (Wildman–Crippen MR) is 73.4 cm³/mol. The number of hydrogen-bond donors (Lipinski definition) is 1. The van der Waals surface area contributed by atoms with Gasteiger partial charge in [-0.05, 0) is 30.4 Å². The van der Waals surface area contributed by atoms with Gasteiger partial charge in [0.15, 0.2) is 0 Å². The zero-order chi connectivity index (χ0) is 13.3. The van der Waals surface area contributed by atoms with E-state index in [0.29, 0.717) is 0 Å². The van der Waals surface area contributed by atoms with E-state index in [4.69, 9.17) is 15.2 Å². The van der Waals surface area contributed by atoms with E-state index in [-0.39, 0.29) is 11.5 Å². The molecule has 1 aromatic rings. The first-order valence-corrected chi connectivity index (χ1v) is 6.54. The summed E-state index contributed by atoms with van der Waals surface area (Å²) in [5, 5.41) is 0. The Balaban J connectivity index is 2.62. The van der Waals surface area contributed by atoms with Gasteiger partial charge in [0.05, 0.1) is 13.7 Å². The maximum Gasteiger partial charge on any atom is 0.128 e. The number of nitrogens with two attached hydrogens (primary N) is 1. The first kappa shape index (κ1) is 13.2. The van der Waals surface area contributed by atoms with Crippen molar-refractivity contribution in [2.24, 2.45) is 5.73 Å². The Morgan fingerprint density at radius 2 is 2.06 bits per heavy atom. The van der Waals surface area contributed by atoms with Crippen LogP contribution in [0.25, 0.3) is 0 Å². The molecule has 0 unspecified atom stereocenters. The summed E-state index contributed by atoms with van der Waals surface area (Å²) in [4.78, 5) is 0.